The van der Waals surface area contributed by atoms with Crippen LogP contribution in [-0.2, 0) is 24.3 Å². The van der Waals surface area contributed by atoms with Gasteiger partial charge in [-0.3, -0.25) is 4.79 Å². The molecule has 8 nitrogen and oxygen atoms in total. The molecule has 0 fully saturated rings. The molecule has 0 radical (unpaired) electrons. The first-order valence-electron chi connectivity index (χ1n) is 8.51. The quantitative estimate of drug-likeness (QED) is 0.668. The molecule has 1 aromatic carbocycles. The normalized spacial score (nSPS) is 13.3. The lowest BCUT2D eigenvalue weighted by Crippen LogP contribution is -2.37. The van der Waals surface area contributed by atoms with Gasteiger partial charge in [-0.2, -0.15) is 4.80 Å². The monoisotopic (exact) mass is 385 g/mol. The van der Waals surface area contributed by atoms with Crippen LogP contribution in [0.3, 0.4) is 0 Å². The molecular weight excluding hydrogens is 366 g/mol. The van der Waals surface area contributed by atoms with E-state index in [0.717, 1.165) is 18.5 Å². The van der Waals surface area contributed by atoms with E-state index in [1.807, 2.05) is 11.0 Å². The van der Waals surface area contributed by atoms with Crippen molar-refractivity contribution in [3.8, 4) is 22.9 Å². The maximum absolute atomic E-state index is 12.6. The molecule has 0 saturated carbocycles. The van der Waals surface area contributed by atoms with Crippen LogP contribution < -0.4 is 9.47 Å². The van der Waals surface area contributed by atoms with Crippen LogP contribution in [0.15, 0.2) is 29.6 Å². The van der Waals surface area contributed by atoms with Gasteiger partial charge in [-0.15, -0.1) is 21.5 Å². The van der Waals surface area contributed by atoms with Crippen molar-refractivity contribution in [1.29, 1.82) is 0 Å². The zero-order chi connectivity index (χ0) is 18.8. The second-order valence-electron chi connectivity index (χ2n) is 6.15. The first kappa shape index (κ1) is 17.5. The third kappa shape index (κ3) is 3.50. The maximum atomic E-state index is 12.6. The average molecular weight is 385 g/mol. The van der Waals surface area contributed by atoms with Crippen molar-refractivity contribution in [2.24, 2.45) is 0 Å². The summed E-state index contributed by atoms with van der Waals surface area (Å²) in [6.45, 7) is 1.44. The summed E-state index contributed by atoms with van der Waals surface area (Å²) in [5.74, 6) is 1.63. The Morgan fingerprint density at radius 3 is 2.89 bits per heavy atom. The molecule has 140 valence electrons. The Balaban J connectivity index is 1.46. The molecule has 0 unspecified atom stereocenters. The predicted molar refractivity (Wildman–Crippen MR) is 99.8 cm³/mol. The van der Waals surface area contributed by atoms with Gasteiger partial charge in [0.15, 0.2) is 11.5 Å². The Morgan fingerprint density at radius 2 is 2.07 bits per heavy atom. The van der Waals surface area contributed by atoms with E-state index < -0.39 is 0 Å². The van der Waals surface area contributed by atoms with Crippen molar-refractivity contribution >= 4 is 17.2 Å². The van der Waals surface area contributed by atoms with Crippen molar-refractivity contribution in [3.05, 3.63) is 40.1 Å². The summed E-state index contributed by atoms with van der Waals surface area (Å²) in [5, 5.41) is 14.5. The largest absolute Gasteiger partial charge is 0.493 e. The number of tetrazole rings is 1. The topological polar surface area (TPSA) is 82.4 Å². The van der Waals surface area contributed by atoms with Gasteiger partial charge in [-0.1, -0.05) is 0 Å². The number of thiophene rings is 1. The molecule has 27 heavy (non-hydrogen) atoms. The number of hydrogen-bond acceptors (Lipinski definition) is 7. The summed E-state index contributed by atoms with van der Waals surface area (Å²) in [6, 6.07) is 7.48. The first-order chi connectivity index (χ1) is 13.2. The van der Waals surface area contributed by atoms with Gasteiger partial charge in [0.25, 0.3) is 0 Å². The molecule has 0 aliphatic carbocycles. The Kier molecular flexibility index (Phi) is 4.76. The molecule has 0 saturated heterocycles. The molecule has 3 heterocycles. The second-order valence-corrected chi connectivity index (χ2v) is 7.15. The summed E-state index contributed by atoms with van der Waals surface area (Å²) in [4.78, 5) is 17.1. The number of amides is 1. The molecule has 0 spiro atoms. The molecule has 1 amide bonds. The highest BCUT2D eigenvalue weighted by atomic mass is 32.1. The van der Waals surface area contributed by atoms with Crippen LogP contribution >= 0.6 is 11.3 Å². The second kappa shape index (κ2) is 7.36. The number of aromatic nitrogens is 4. The third-order valence-corrected chi connectivity index (χ3v) is 5.55. The Bertz CT molecular complexity index is 968. The minimum Gasteiger partial charge on any atom is -0.493 e. The first-order valence-corrected chi connectivity index (χ1v) is 9.39. The molecule has 0 atom stereocenters. The van der Waals surface area contributed by atoms with Crippen LogP contribution in [0.1, 0.15) is 10.4 Å². The Labute approximate surface area is 160 Å². The number of rotatable bonds is 5. The van der Waals surface area contributed by atoms with Crippen molar-refractivity contribution in [3.63, 3.8) is 0 Å². The van der Waals surface area contributed by atoms with E-state index in [2.05, 4.69) is 26.9 Å². The maximum Gasteiger partial charge on any atom is 0.246 e. The molecule has 9 heteroatoms. The van der Waals surface area contributed by atoms with Gasteiger partial charge >= 0.3 is 0 Å². The average Bonchev–Trinajstić information content (AvgIpc) is 3.36. The van der Waals surface area contributed by atoms with Gasteiger partial charge in [-0.05, 0) is 46.8 Å². The molecule has 1 aliphatic rings. The molecule has 0 N–H and O–H groups in total. The van der Waals surface area contributed by atoms with E-state index in [-0.39, 0.29) is 12.5 Å². The highest BCUT2D eigenvalue weighted by molar-refractivity contribution is 7.10. The number of ether oxygens (including phenoxy) is 2. The summed E-state index contributed by atoms with van der Waals surface area (Å²) < 4.78 is 10.5. The van der Waals surface area contributed by atoms with Crippen LogP contribution in [0, 0.1) is 0 Å². The van der Waals surface area contributed by atoms with Gasteiger partial charge in [0.2, 0.25) is 11.7 Å². The lowest BCUT2D eigenvalue weighted by Gasteiger charge is -2.26. The molecule has 0 bridgehead atoms. The summed E-state index contributed by atoms with van der Waals surface area (Å²) >= 11 is 1.75. The third-order valence-electron chi connectivity index (χ3n) is 4.53. The minimum atomic E-state index is -0.0110. The van der Waals surface area contributed by atoms with E-state index in [1.54, 1.807) is 37.7 Å². The molecule has 4 rings (SSSR count). The number of carbonyl (C=O) groups is 1. The smallest absolute Gasteiger partial charge is 0.246 e. The van der Waals surface area contributed by atoms with Crippen molar-refractivity contribution < 1.29 is 14.3 Å². The number of nitrogens with zero attached hydrogens (tertiary/aromatic N) is 5. The van der Waals surface area contributed by atoms with E-state index in [4.69, 9.17) is 9.47 Å². The number of fused-ring (bicyclic) bond motifs is 1. The lowest BCUT2D eigenvalue weighted by atomic mass is 10.1. The van der Waals surface area contributed by atoms with Gasteiger partial charge in [0.1, 0.15) is 6.54 Å². The Hall–Kier alpha value is -2.94. The Morgan fingerprint density at radius 1 is 1.22 bits per heavy atom. The lowest BCUT2D eigenvalue weighted by molar-refractivity contribution is -0.133. The molecular formula is C18H19N5O3S. The summed E-state index contributed by atoms with van der Waals surface area (Å²) in [5.41, 5.74) is 1.98. The molecule has 3 aromatic rings. The minimum absolute atomic E-state index is 0.0110. The summed E-state index contributed by atoms with van der Waals surface area (Å²) in [6.07, 6.45) is 0.903. The zero-order valence-electron chi connectivity index (χ0n) is 15.1. The number of methoxy groups -OCH3 is 2. The fourth-order valence-electron chi connectivity index (χ4n) is 3.08. The molecule has 1 aliphatic heterocycles. The SMILES string of the molecule is COc1ccc(-c2nnn(CC(=O)N3CCc4sccc4C3)n2)cc1OC. The van der Waals surface area contributed by atoms with Gasteiger partial charge < -0.3 is 14.4 Å². The summed E-state index contributed by atoms with van der Waals surface area (Å²) in [7, 11) is 3.15. The van der Waals surface area contributed by atoms with E-state index in [0.29, 0.717) is 23.9 Å². The highest BCUT2D eigenvalue weighted by Gasteiger charge is 2.22. The predicted octanol–water partition coefficient (Wildman–Crippen LogP) is 2.00. The van der Waals surface area contributed by atoms with Crippen LogP contribution in [-0.4, -0.2) is 51.8 Å². The van der Waals surface area contributed by atoms with E-state index in [9.17, 15) is 4.79 Å². The van der Waals surface area contributed by atoms with Crippen LogP contribution in [0.25, 0.3) is 11.4 Å². The zero-order valence-corrected chi connectivity index (χ0v) is 15.9. The van der Waals surface area contributed by atoms with Crippen LogP contribution in [0.4, 0.5) is 0 Å². The van der Waals surface area contributed by atoms with Crippen molar-refractivity contribution in [1.82, 2.24) is 25.1 Å². The number of hydrogen-bond donors (Lipinski definition) is 0. The molecule has 2 aromatic heterocycles. The van der Waals surface area contributed by atoms with E-state index in [1.165, 1.54) is 15.2 Å². The van der Waals surface area contributed by atoms with Gasteiger partial charge in [0, 0.05) is 23.5 Å². The van der Waals surface area contributed by atoms with Crippen LogP contribution in [0.2, 0.25) is 0 Å². The number of benzene rings is 1. The standard InChI is InChI=1S/C18H19N5O3S/c1-25-14-4-3-12(9-15(14)26-2)18-19-21-23(20-18)11-17(24)22-7-5-16-13(10-22)6-8-27-16/h3-4,6,8-9H,5,7,10-11H2,1-2H3. The van der Waals surface area contributed by atoms with Crippen molar-refractivity contribution in [2.45, 2.75) is 19.5 Å². The number of carbonyl (C=O) groups excluding carboxylic acids is 1. The van der Waals surface area contributed by atoms with Crippen molar-refractivity contribution in [2.75, 3.05) is 20.8 Å². The fraction of sp³-hybridized carbons (Fsp3) is 0.333. The highest BCUT2D eigenvalue weighted by Crippen LogP contribution is 2.30. The fourth-order valence-corrected chi connectivity index (χ4v) is 3.97. The van der Waals surface area contributed by atoms with Gasteiger partial charge in [0.05, 0.1) is 14.2 Å². The van der Waals surface area contributed by atoms with Crippen LogP contribution in [0.5, 0.6) is 11.5 Å². The van der Waals surface area contributed by atoms with E-state index >= 15 is 0 Å². The van der Waals surface area contributed by atoms with Gasteiger partial charge in [-0.25, -0.2) is 0 Å².